The zero-order valence-corrected chi connectivity index (χ0v) is 10.5. The predicted molar refractivity (Wildman–Crippen MR) is 61.8 cm³/mol. The van der Waals surface area contributed by atoms with Crippen LogP contribution < -0.4 is 5.32 Å². The van der Waals surface area contributed by atoms with Crippen molar-refractivity contribution in [3.63, 3.8) is 0 Å². The van der Waals surface area contributed by atoms with Gasteiger partial charge in [0.25, 0.3) is 0 Å². The summed E-state index contributed by atoms with van der Waals surface area (Å²) in [7, 11) is 1.32. The molecule has 0 aromatic heterocycles. The topological polar surface area (TPSA) is 64.6 Å². The second kappa shape index (κ2) is 5.52. The van der Waals surface area contributed by atoms with Crippen LogP contribution in [0.5, 0.6) is 0 Å². The van der Waals surface area contributed by atoms with Gasteiger partial charge < -0.3 is 14.8 Å². The average Bonchev–Trinajstić information content (AvgIpc) is 2.28. The van der Waals surface area contributed by atoms with Crippen molar-refractivity contribution in [2.45, 2.75) is 27.2 Å². The summed E-state index contributed by atoms with van der Waals surface area (Å²) < 4.78 is 9.61. The molecular formula is C12H17NO4. The van der Waals surface area contributed by atoms with Crippen molar-refractivity contribution < 1.29 is 19.1 Å². The van der Waals surface area contributed by atoms with E-state index in [-0.39, 0.29) is 6.42 Å². The number of ether oxygens (including phenoxy) is 2. The van der Waals surface area contributed by atoms with Gasteiger partial charge in [0.2, 0.25) is 0 Å². The van der Waals surface area contributed by atoms with E-state index in [1.54, 1.807) is 20.8 Å². The van der Waals surface area contributed by atoms with Crippen LogP contribution in [0.1, 0.15) is 27.2 Å². The number of hydrogen-bond acceptors (Lipinski definition) is 5. The van der Waals surface area contributed by atoms with Crippen LogP contribution in [0.15, 0.2) is 22.5 Å². The summed E-state index contributed by atoms with van der Waals surface area (Å²) in [6.07, 6.45) is 0.246. The first-order valence-corrected chi connectivity index (χ1v) is 5.43. The van der Waals surface area contributed by atoms with Crippen molar-refractivity contribution in [3.05, 3.63) is 22.5 Å². The number of carbonyl (C=O) groups excluding carboxylic acids is 2. The molecule has 17 heavy (non-hydrogen) atoms. The molecule has 0 saturated heterocycles. The summed E-state index contributed by atoms with van der Waals surface area (Å²) in [4.78, 5) is 23.2. The Morgan fingerprint density at radius 1 is 1.18 bits per heavy atom. The molecule has 0 unspecified atom stereocenters. The fourth-order valence-corrected chi connectivity index (χ4v) is 1.67. The van der Waals surface area contributed by atoms with Crippen molar-refractivity contribution in [3.8, 4) is 0 Å². The van der Waals surface area contributed by atoms with Crippen LogP contribution in [0.4, 0.5) is 0 Å². The Morgan fingerprint density at radius 2 is 1.71 bits per heavy atom. The van der Waals surface area contributed by atoms with Crippen LogP contribution >= 0.6 is 0 Å². The molecule has 5 heteroatoms. The van der Waals surface area contributed by atoms with E-state index in [1.165, 1.54) is 7.11 Å². The molecule has 0 radical (unpaired) electrons. The zero-order valence-electron chi connectivity index (χ0n) is 10.5. The third-order valence-electron chi connectivity index (χ3n) is 2.59. The van der Waals surface area contributed by atoms with Gasteiger partial charge in [-0.1, -0.05) is 0 Å². The Bertz CT molecular complexity index is 407. The second-order valence-electron chi connectivity index (χ2n) is 3.72. The Hall–Kier alpha value is -1.78. The van der Waals surface area contributed by atoms with Gasteiger partial charge in [-0.3, -0.25) is 0 Å². The van der Waals surface area contributed by atoms with Gasteiger partial charge in [-0.25, -0.2) is 9.59 Å². The molecule has 0 aliphatic carbocycles. The van der Waals surface area contributed by atoms with Crippen molar-refractivity contribution in [1.29, 1.82) is 0 Å². The Labute approximate surface area is 100 Å². The Kier molecular flexibility index (Phi) is 4.31. The second-order valence-corrected chi connectivity index (χ2v) is 3.72. The molecule has 5 nitrogen and oxygen atoms in total. The normalized spacial score (nSPS) is 15.5. The summed E-state index contributed by atoms with van der Waals surface area (Å²) in [5.74, 6) is -0.823. The Morgan fingerprint density at radius 3 is 2.18 bits per heavy atom. The SMILES string of the molecule is CCOC(=O)C1=C(C)NC(C)=C(C(=O)OC)C1. The van der Waals surface area contributed by atoms with Gasteiger partial charge in [-0.15, -0.1) is 0 Å². The highest BCUT2D eigenvalue weighted by Gasteiger charge is 2.26. The highest BCUT2D eigenvalue weighted by Crippen LogP contribution is 2.24. The summed E-state index contributed by atoms with van der Waals surface area (Å²) in [6.45, 7) is 5.61. The number of esters is 2. The third-order valence-corrected chi connectivity index (χ3v) is 2.59. The summed E-state index contributed by atoms with van der Waals surface area (Å²) in [6, 6.07) is 0. The highest BCUT2D eigenvalue weighted by molar-refractivity contribution is 5.96. The molecule has 0 spiro atoms. The Balaban J connectivity index is 2.93. The van der Waals surface area contributed by atoms with Crippen LogP contribution in [-0.4, -0.2) is 25.7 Å². The summed E-state index contributed by atoms with van der Waals surface area (Å²) in [5.41, 5.74) is 2.36. The van der Waals surface area contributed by atoms with Gasteiger partial charge in [-0.05, 0) is 20.8 Å². The number of dihydropyridines is 1. The minimum absolute atomic E-state index is 0.246. The maximum absolute atomic E-state index is 11.7. The lowest BCUT2D eigenvalue weighted by Crippen LogP contribution is -2.26. The molecule has 0 atom stereocenters. The number of carbonyl (C=O) groups is 2. The maximum atomic E-state index is 11.7. The van der Waals surface area contributed by atoms with E-state index in [0.717, 1.165) is 0 Å². The molecule has 0 bridgehead atoms. The van der Waals surface area contributed by atoms with E-state index in [2.05, 4.69) is 10.1 Å². The third kappa shape index (κ3) is 2.87. The standard InChI is InChI=1S/C12H17NO4/c1-5-17-12(15)10-6-9(11(14)16-4)7(2)13-8(10)3/h13H,5-6H2,1-4H3. The van der Waals surface area contributed by atoms with E-state index in [0.29, 0.717) is 29.1 Å². The smallest absolute Gasteiger partial charge is 0.336 e. The number of rotatable bonds is 3. The molecule has 0 fully saturated rings. The van der Waals surface area contributed by atoms with Gasteiger partial charge in [0.15, 0.2) is 0 Å². The van der Waals surface area contributed by atoms with Crippen LogP contribution in [-0.2, 0) is 19.1 Å². The van der Waals surface area contributed by atoms with Crippen LogP contribution in [0.3, 0.4) is 0 Å². The fraction of sp³-hybridized carbons (Fsp3) is 0.500. The zero-order chi connectivity index (χ0) is 13.0. The van der Waals surface area contributed by atoms with Crippen LogP contribution in [0.25, 0.3) is 0 Å². The molecule has 0 aromatic carbocycles. The molecule has 1 aliphatic heterocycles. The molecule has 0 amide bonds. The van der Waals surface area contributed by atoms with Crippen molar-refractivity contribution in [2.24, 2.45) is 0 Å². The molecular weight excluding hydrogens is 222 g/mol. The number of hydrogen-bond donors (Lipinski definition) is 1. The minimum Gasteiger partial charge on any atom is -0.466 e. The first-order chi connectivity index (χ1) is 8.01. The lowest BCUT2D eigenvalue weighted by molar-refractivity contribution is -0.138. The van der Waals surface area contributed by atoms with E-state index in [4.69, 9.17) is 4.74 Å². The number of allylic oxidation sites excluding steroid dienone is 2. The fourth-order valence-electron chi connectivity index (χ4n) is 1.67. The number of nitrogens with one attached hydrogen (secondary N) is 1. The average molecular weight is 239 g/mol. The van der Waals surface area contributed by atoms with E-state index >= 15 is 0 Å². The highest BCUT2D eigenvalue weighted by atomic mass is 16.5. The minimum atomic E-state index is -0.427. The van der Waals surface area contributed by atoms with E-state index in [1.807, 2.05) is 0 Å². The molecule has 1 heterocycles. The first-order valence-electron chi connectivity index (χ1n) is 5.43. The van der Waals surface area contributed by atoms with Crippen molar-refractivity contribution in [1.82, 2.24) is 5.32 Å². The number of methoxy groups -OCH3 is 1. The van der Waals surface area contributed by atoms with Crippen LogP contribution in [0, 0.1) is 0 Å². The lowest BCUT2D eigenvalue weighted by atomic mass is 9.98. The molecule has 1 aliphatic rings. The molecule has 0 saturated carbocycles. The van der Waals surface area contributed by atoms with E-state index < -0.39 is 11.9 Å². The molecule has 1 N–H and O–H groups in total. The van der Waals surface area contributed by atoms with Gasteiger partial charge in [0.1, 0.15) is 0 Å². The summed E-state index contributed by atoms with van der Waals surface area (Å²) in [5, 5.41) is 2.99. The van der Waals surface area contributed by atoms with Gasteiger partial charge in [0.05, 0.1) is 24.9 Å². The van der Waals surface area contributed by atoms with Crippen molar-refractivity contribution >= 4 is 11.9 Å². The predicted octanol–water partition coefficient (Wildman–Crippen LogP) is 1.26. The monoisotopic (exact) mass is 239 g/mol. The first kappa shape index (κ1) is 13.3. The summed E-state index contributed by atoms with van der Waals surface area (Å²) >= 11 is 0. The van der Waals surface area contributed by atoms with Crippen LogP contribution in [0.2, 0.25) is 0 Å². The molecule has 0 aromatic rings. The van der Waals surface area contributed by atoms with Gasteiger partial charge in [-0.2, -0.15) is 0 Å². The van der Waals surface area contributed by atoms with Crippen molar-refractivity contribution in [2.75, 3.05) is 13.7 Å². The van der Waals surface area contributed by atoms with Gasteiger partial charge in [0, 0.05) is 17.8 Å². The molecule has 1 rings (SSSR count). The lowest BCUT2D eigenvalue weighted by Gasteiger charge is -2.21. The van der Waals surface area contributed by atoms with Gasteiger partial charge >= 0.3 is 11.9 Å². The quantitative estimate of drug-likeness (QED) is 0.751. The largest absolute Gasteiger partial charge is 0.466 e. The maximum Gasteiger partial charge on any atom is 0.336 e. The molecule has 94 valence electrons. The van der Waals surface area contributed by atoms with E-state index in [9.17, 15) is 9.59 Å².